The molecule has 0 unspecified atom stereocenters. The second kappa shape index (κ2) is 6.85. The first-order valence-electron chi connectivity index (χ1n) is 7.40. The van der Waals surface area contributed by atoms with E-state index < -0.39 is 0 Å². The summed E-state index contributed by atoms with van der Waals surface area (Å²) < 4.78 is 0. The number of rotatable bonds is 6. The number of nitrogens with zero attached hydrogens (tertiary/aromatic N) is 1. The van der Waals surface area contributed by atoms with Crippen molar-refractivity contribution >= 4 is 11.3 Å². The molecule has 0 aliphatic carbocycles. The van der Waals surface area contributed by atoms with Gasteiger partial charge in [-0.3, -0.25) is 0 Å². The lowest BCUT2D eigenvalue weighted by atomic mass is 10.1. The minimum absolute atomic E-state index is 0.164. The highest BCUT2D eigenvalue weighted by molar-refractivity contribution is 7.11. The second-order valence-electron chi connectivity index (χ2n) is 7.28. The Labute approximate surface area is 123 Å². The van der Waals surface area contributed by atoms with Crippen molar-refractivity contribution in [1.29, 1.82) is 0 Å². The van der Waals surface area contributed by atoms with Gasteiger partial charge in [0.05, 0.1) is 10.7 Å². The Balaban J connectivity index is 2.82. The number of hydrogen-bond donors (Lipinski definition) is 1. The summed E-state index contributed by atoms with van der Waals surface area (Å²) in [5, 5.41) is 4.89. The second-order valence-corrected chi connectivity index (χ2v) is 8.45. The van der Waals surface area contributed by atoms with Crippen molar-refractivity contribution in [3.05, 3.63) is 15.6 Å². The van der Waals surface area contributed by atoms with Crippen molar-refractivity contribution in [2.75, 3.05) is 0 Å². The molecule has 1 N–H and O–H groups in total. The van der Waals surface area contributed by atoms with Crippen LogP contribution >= 0.6 is 11.3 Å². The van der Waals surface area contributed by atoms with Crippen LogP contribution < -0.4 is 5.32 Å². The molecule has 0 saturated carbocycles. The van der Waals surface area contributed by atoms with Gasteiger partial charge < -0.3 is 5.32 Å². The third kappa shape index (κ3) is 6.53. The average molecular weight is 282 g/mol. The number of nitrogens with one attached hydrogen (secondary N) is 1. The van der Waals surface area contributed by atoms with Crippen molar-refractivity contribution in [3.63, 3.8) is 0 Å². The minimum atomic E-state index is 0.164. The van der Waals surface area contributed by atoms with E-state index in [0.29, 0.717) is 11.8 Å². The van der Waals surface area contributed by atoms with E-state index in [1.54, 1.807) is 0 Å². The molecular weight excluding hydrogens is 252 g/mol. The Morgan fingerprint density at radius 1 is 1.05 bits per heavy atom. The average Bonchev–Trinajstić information content (AvgIpc) is 2.54. The Hall–Kier alpha value is -0.410. The molecule has 110 valence electrons. The van der Waals surface area contributed by atoms with E-state index in [4.69, 9.17) is 4.98 Å². The van der Waals surface area contributed by atoms with Gasteiger partial charge in [-0.15, -0.1) is 11.3 Å². The maximum absolute atomic E-state index is 4.87. The minimum Gasteiger partial charge on any atom is -0.307 e. The van der Waals surface area contributed by atoms with Crippen molar-refractivity contribution < 1.29 is 0 Å². The van der Waals surface area contributed by atoms with E-state index in [-0.39, 0.29) is 5.54 Å². The molecule has 0 saturated heterocycles. The summed E-state index contributed by atoms with van der Waals surface area (Å²) in [4.78, 5) is 6.30. The standard InChI is InChI=1S/C16H30N2S/c1-11(2)8-13-14(10-17-16(5,6)7)19-15(18-13)9-12(3)4/h11-12,17H,8-10H2,1-7H3. The van der Waals surface area contributed by atoms with E-state index in [1.807, 2.05) is 11.3 Å². The third-order valence-corrected chi connectivity index (χ3v) is 3.91. The van der Waals surface area contributed by atoms with Gasteiger partial charge in [-0.1, -0.05) is 27.7 Å². The van der Waals surface area contributed by atoms with Crippen LogP contribution in [-0.4, -0.2) is 10.5 Å². The first-order valence-corrected chi connectivity index (χ1v) is 8.21. The van der Waals surface area contributed by atoms with Gasteiger partial charge in [-0.2, -0.15) is 0 Å². The zero-order chi connectivity index (χ0) is 14.6. The van der Waals surface area contributed by atoms with Crippen LogP contribution in [0.1, 0.15) is 64.0 Å². The molecular formula is C16H30N2S. The summed E-state index contributed by atoms with van der Waals surface area (Å²) in [7, 11) is 0. The van der Waals surface area contributed by atoms with Gasteiger partial charge in [-0.25, -0.2) is 4.98 Å². The largest absolute Gasteiger partial charge is 0.307 e. The molecule has 0 atom stereocenters. The van der Waals surface area contributed by atoms with Crippen LogP contribution in [0.25, 0.3) is 0 Å². The molecule has 1 aromatic heterocycles. The van der Waals surface area contributed by atoms with E-state index >= 15 is 0 Å². The topological polar surface area (TPSA) is 24.9 Å². The Morgan fingerprint density at radius 2 is 1.63 bits per heavy atom. The molecule has 0 fully saturated rings. The van der Waals surface area contributed by atoms with Crippen LogP contribution in [0, 0.1) is 11.8 Å². The van der Waals surface area contributed by atoms with Gasteiger partial charge in [0, 0.05) is 23.4 Å². The molecule has 0 aliphatic rings. The van der Waals surface area contributed by atoms with Gasteiger partial charge in [0.25, 0.3) is 0 Å². The molecule has 2 nitrogen and oxygen atoms in total. The van der Waals surface area contributed by atoms with E-state index in [0.717, 1.165) is 19.4 Å². The first-order chi connectivity index (χ1) is 8.67. The van der Waals surface area contributed by atoms with Crippen LogP contribution in [0.3, 0.4) is 0 Å². The molecule has 1 heterocycles. The van der Waals surface area contributed by atoms with E-state index in [2.05, 4.69) is 53.8 Å². The summed E-state index contributed by atoms with van der Waals surface area (Å²) in [6.07, 6.45) is 2.20. The van der Waals surface area contributed by atoms with Crippen LogP contribution in [0.2, 0.25) is 0 Å². The van der Waals surface area contributed by atoms with Gasteiger partial charge in [0.1, 0.15) is 0 Å². The molecule has 3 heteroatoms. The van der Waals surface area contributed by atoms with E-state index in [9.17, 15) is 0 Å². The fraction of sp³-hybridized carbons (Fsp3) is 0.812. The maximum atomic E-state index is 4.87. The molecule has 0 aromatic carbocycles. The van der Waals surface area contributed by atoms with Crippen molar-refractivity contribution in [3.8, 4) is 0 Å². The lowest BCUT2D eigenvalue weighted by molar-refractivity contribution is 0.425. The molecule has 0 aliphatic heterocycles. The zero-order valence-electron chi connectivity index (χ0n) is 13.6. The Bertz CT molecular complexity index is 386. The maximum Gasteiger partial charge on any atom is 0.0934 e. The van der Waals surface area contributed by atoms with Crippen LogP contribution in [0.5, 0.6) is 0 Å². The molecule has 0 radical (unpaired) electrons. The smallest absolute Gasteiger partial charge is 0.0934 e. The lowest BCUT2D eigenvalue weighted by Gasteiger charge is -2.20. The Morgan fingerprint density at radius 3 is 2.11 bits per heavy atom. The number of thiazole rings is 1. The van der Waals surface area contributed by atoms with Gasteiger partial charge in [0.2, 0.25) is 0 Å². The summed E-state index contributed by atoms with van der Waals surface area (Å²) >= 11 is 1.90. The normalized spacial score (nSPS) is 12.7. The summed E-state index contributed by atoms with van der Waals surface area (Å²) in [6, 6.07) is 0. The Kier molecular flexibility index (Phi) is 6.00. The van der Waals surface area contributed by atoms with Crippen molar-refractivity contribution in [1.82, 2.24) is 10.3 Å². The molecule has 0 bridgehead atoms. The fourth-order valence-corrected chi connectivity index (χ4v) is 3.15. The van der Waals surface area contributed by atoms with Crippen LogP contribution in [-0.2, 0) is 19.4 Å². The van der Waals surface area contributed by atoms with E-state index in [1.165, 1.54) is 15.6 Å². The van der Waals surface area contributed by atoms with Crippen LogP contribution in [0.4, 0.5) is 0 Å². The summed E-state index contributed by atoms with van der Waals surface area (Å²) in [5.41, 5.74) is 1.48. The number of hydrogen-bond acceptors (Lipinski definition) is 3. The highest BCUT2D eigenvalue weighted by Gasteiger charge is 2.16. The highest BCUT2D eigenvalue weighted by Crippen LogP contribution is 2.24. The quantitative estimate of drug-likeness (QED) is 0.835. The summed E-state index contributed by atoms with van der Waals surface area (Å²) in [5.74, 6) is 1.35. The fourth-order valence-electron chi connectivity index (χ4n) is 1.90. The monoisotopic (exact) mass is 282 g/mol. The SMILES string of the molecule is CC(C)Cc1nc(CC(C)C)c(CNC(C)(C)C)s1. The van der Waals surface area contributed by atoms with Crippen molar-refractivity contribution in [2.24, 2.45) is 11.8 Å². The molecule has 0 amide bonds. The van der Waals surface area contributed by atoms with Crippen LogP contribution in [0.15, 0.2) is 0 Å². The predicted octanol–water partition coefficient (Wildman–Crippen LogP) is 4.43. The van der Waals surface area contributed by atoms with Gasteiger partial charge in [0.15, 0.2) is 0 Å². The summed E-state index contributed by atoms with van der Waals surface area (Å²) in [6.45, 7) is 16.6. The molecule has 1 rings (SSSR count). The predicted molar refractivity (Wildman–Crippen MR) is 85.8 cm³/mol. The van der Waals surface area contributed by atoms with Gasteiger partial charge >= 0.3 is 0 Å². The lowest BCUT2D eigenvalue weighted by Crippen LogP contribution is -2.35. The highest BCUT2D eigenvalue weighted by atomic mass is 32.1. The first kappa shape index (κ1) is 16.6. The third-order valence-electron chi connectivity index (χ3n) is 2.79. The molecule has 0 spiro atoms. The molecule has 1 aromatic rings. The molecule has 19 heavy (non-hydrogen) atoms. The number of aromatic nitrogens is 1. The zero-order valence-corrected chi connectivity index (χ0v) is 14.4. The van der Waals surface area contributed by atoms with Crippen molar-refractivity contribution in [2.45, 2.75) is 73.4 Å². The van der Waals surface area contributed by atoms with Gasteiger partial charge in [-0.05, 0) is 39.0 Å².